The Morgan fingerprint density at radius 3 is 2.49 bits per heavy atom. The molecule has 6 nitrogen and oxygen atoms in total. The fourth-order valence-corrected chi connectivity index (χ4v) is 6.22. The highest BCUT2D eigenvalue weighted by Crippen LogP contribution is 2.39. The molecule has 2 heterocycles. The minimum absolute atomic E-state index is 0.0103. The van der Waals surface area contributed by atoms with E-state index in [-0.39, 0.29) is 23.6 Å². The molecule has 2 amide bonds. The maximum Gasteiger partial charge on any atom is 0.247 e. The lowest BCUT2D eigenvalue weighted by Crippen LogP contribution is -2.47. The predicted molar refractivity (Wildman–Crippen MR) is 139 cm³/mol. The van der Waals surface area contributed by atoms with E-state index in [0.717, 1.165) is 53.2 Å². The van der Waals surface area contributed by atoms with Crippen LogP contribution in [0.3, 0.4) is 0 Å². The first-order valence-corrected chi connectivity index (χ1v) is 13.4. The Balaban J connectivity index is 1.53. The molecule has 2 aliphatic rings. The van der Waals surface area contributed by atoms with Crippen LogP contribution in [0.5, 0.6) is 0 Å². The fraction of sp³-hybridized carbons (Fsp3) is 0.393. The summed E-state index contributed by atoms with van der Waals surface area (Å²) >= 11 is 1.48. The molecule has 0 unspecified atom stereocenters. The lowest BCUT2D eigenvalue weighted by atomic mass is 10.0. The summed E-state index contributed by atoms with van der Waals surface area (Å²) in [5.74, 6) is 0.184. The van der Waals surface area contributed by atoms with Gasteiger partial charge in [0.15, 0.2) is 0 Å². The first-order valence-electron chi connectivity index (χ1n) is 12.4. The zero-order valence-corrected chi connectivity index (χ0v) is 21.2. The maximum atomic E-state index is 13.8. The van der Waals surface area contributed by atoms with Crippen molar-refractivity contribution in [2.45, 2.75) is 63.1 Å². The van der Waals surface area contributed by atoms with Crippen LogP contribution in [0.2, 0.25) is 0 Å². The minimum Gasteiger partial charge on any atom is -0.351 e. The number of rotatable bonds is 6. The van der Waals surface area contributed by atoms with E-state index in [2.05, 4.69) is 36.5 Å². The molecule has 5 rings (SSSR count). The number of para-hydroxylation sites is 1. The number of hydrogen-bond acceptors (Lipinski definition) is 4. The molecule has 1 atom stereocenters. The van der Waals surface area contributed by atoms with E-state index in [9.17, 15) is 9.59 Å². The van der Waals surface area contributed by atoms with E-state index in [4.69, 9.17) is 5.10 Å². The molecular formula is C28H32N4O2S. The van der Waals surface area contributed by atoms with Gasteiger partial charge in [0, 0.05) is 18.2 Å². The monoisotopic (exact) mass is 488 g/mol. The molecule has 1 fully saturated rings. The third-order valence-corrected chi connectivity index (χ3v) is 8.07. The Kier molecular flexibility index (Phi) is 6.95. The molecule has 1 N–H and O–H groups in total. The van der Waals surface area contributed by atoms with Crippen molar-refractivity contribution >= 4 is 23.6 Å². The molecule has 3 aromatic rings. The van der Waals surface area contributed by atoms with Gasteiger partial charge in [0.2, 0.25) is 11.8 Å². The highest BCUT2D eigenvalue weighted by atomic mass is 32.2. The van der Waals surface area contributed by atoms with Crippen molar-refractivity contribution in [3.8, 4) is 5.69 Å². The predicted octanol–water partition coefficient (Wildman–Crippen LogP) is 4.77. The summed E-state index contributed by atoms with van der Waals surface area (Å²) in [5, 5.41) is 8.99. The highest BCUT2D eigenvalue weighted by molar-refractivity contribution is 8.00. The second kappa shape index (κ2) is 10.3. The summed E-state index contributed by atoms with van der Waals surface area (Å²) < 4.78 is 1.89. The molecule has 1 aromatic heterocycles. The second-order valence-corrected chi connectivity index (χ2v) is 10.5. The number of benzene rings is 2. The number of aryl methyl sites for hydroxylation is 2. The third kappa shape index (κ3) is 5.01. The smallest absolute Gasteiger partial charge is 0.247 e. The molecular weight excluding hydrogens is 456 g/mol. The van der Waals surface area contributed by atoms with Gasteiger partial charge < -0.3 is 10.2 Å². The Morgan fingerprint density at radius 1 is 1.06 bits per heavy atom. The SMILES string of the molecule is Cc1ccc(CCN2C(=O)CSc3c(c(C)nn3-c3ccccc3)[C@@H]2C(=O)NC2CCCC2)cc1. The lowest BCUT2D eigenvalue weighted by Gasteiger charge is -2.30. The number of carbonyl (C=O) groups excluding carboxylic acids is 2. The number of carbonyl (C=O) groups is 2. The summed E-state index contributed by atoms with van der Waals surface area (Å²) in [5.41, 5.74) is 4.94. The van der Waals surface area contributed by atoms with Gasteiger partial charge in [-0.05, 0) is 50.8 Å². The van der Waals surface area contributed by atoms with Gasteiger partial charge in [-0.1, -0.05) is 72.6 Å². The number of nitrogens with zero attached hydrogens (tertiary/aromatic N) is 3. The van der Waals surface area contributed by atoms with Crippen LogP contribution < -0.4 is 5.32 Å². The van der Waals surface area contributed by atoms with Gasteiger partial charge in [0.1, 0.15) is 11.1 Å². The van der Waals surface area contributed by atoms with Gasteiger partial charge in [0.05, 0.1) is 17.1 Å². The average Bonchev–Trinajstić information content (AvgIpc) is 3.45. The van der Waals surface area contributed by atoms with Crippen molar-refractivity contribution in [3.05, 3.63) is 77.0 Å². The van der Waals surface area contributed by atoms with Crippen LogP contribution in [-0.4, -0.2) is 44.8 Å². The quantitative estimate of drug-likeness (QED) is 0.543. The second-order valence-electron chi connectivity index (χ2n) is 9.56. The molecule has 7 heteroatoms. The zero-order valence-electron chi connectivity index (χ0n) is 20.4. The van der Waals surface area contributed by atoms with Crippen molar-refractivity contribution in [1.29, 1.82) is 0 Å². The van der Waals surface area contributed by atoms with Crippen LogP contribution in [0, 0.1) is 13.8 Å². The first kappa shape index (κ1) is 23.7. The van der Waals surface area contributed by atoms with E-state index >= 15 is 0 Å². The zero-order chi connectivity index (χ0) is 24.4. The van der Waals surface area contributed by atoms with Gasteiger partial charge >= 0.3 is 0 Å². The molecule has 0 saturated heterocycles. The van der Waals surface area contributed by atoms with Gasteiger partial charge in [-0.3, -0.25) is 9.59 Å². The Hall–Kier alpha value is -3.06. The molecule has 182 valence electrons. The summed E-state index contributed by atoms with van der Waals surface area (Å²) in [6.07, 6.45) is 4.97. The normalized spacial score (nSPS) is 18.4. The van der Waals surface area contributed by atoms with E-state index in [1.807, 2.05) is 41.9 Å². The summed E-state index contributed by atoms with van der Waals surface area (Å²) in [6.45, 7) is 4.50. The highest BCUT2D eigenvalue weighted by Gasteiger charge is 2.40. The van der Waals surface area contributed by atoms with Crippen molar-refractivity contribution < 1.29 is 9.59 Å². The summed E-state index contributed by atoms with van der Waals surface area (Å²) in [6, 6.07) is 17.8. The Bertz CT molecular complexity index is 1200. The molecule has 1 aliphatic heterocycles. The Labute approximate surface area is 211 Å². The summed E-state index contributed by atoms with van der Waals surface area (Å²) in [7, 11) is 0. The van der Waals surface area contributed by atoms with Gasteiger partial charge in [0.25, 0.3) is 0 Å². The van der Waals surface area contributed by atoms with Gasteiger partial charge in [-0.2, -0.15) is 5.10 Å². The van der Waals surface area contributed by atoms with E-state index in [0.29, 0.717) is 13.0 Å². The van der Waals surface area contributed by atoms with Gasteiger partial charge in [-0.25, -0.2) is 4.68 Å². The van der Waals surface area contributed by atoms with Gasteiger partial charge in [-0.15, -0.1) is 0 Å². The molecule has 0 bridgehead atoms. The van der Waals surface area contributed by atoms with E-state index in [1.165, 1.54) is 17.3 Å². The van der Waals surface area contributed by atoms with E-state index in [1.54, 1.807) is 4.90 Å². The molecule has 2 aromatic carbocycles. The molecule has 1 aliphatic carbocycles. The molecule has 0 spiro atoms. The van der Waals surface area contributed by atoms with E-state index < -0.39 is 6.04 Å². The molecule has 1 saturated carbocycles. The van der Waals surface area contributed by atoms with Crippen LogP contribution >= 0.6 is 11.8 Å². The van der Waals surface area contributed by atoms with Crippen LogP contribution in [0.1, 0.15) is 54.1 Å². The number of nitrogens with one attached hydrogen (secondary N) is 1. The van der Waals surface area contributed by atoms with Crippen LogP contribution in [0.15, 0.2) is 59.6 Å². The fourth-order valence-electron chi connectivity index (χ4n) is 5.11. The number of fused-ring (bicyclic) bond motifs is 1. The topological polar surface area (TPSA) is 67.2 Å². The minimum atomic E-state index is -0.684. The lowest BCUT2D eigenvalue weighted by molar-refractivity contribution is -0.139. The first-order chi connectivity index (χ1) is 17.0. The van der Waals surface area contributed by atoms with Crippen LogP contribution in [0.25, 0.3) is 5.69 Å². The van der Waals surface area contributed by atoms with Crippen molar-refractivity contribution in [1.82, 2.24) is 20.0 Å². The summed E-state index contributed by atoms with van der Waals surface area (Å²) in [4.78, 5) is 29.1. The number of aromatic nitrogens is 2. The molecule has 35 heavy (non-hydrogen) atoms. The Morgan fingerprint density at radius 2 is 1.77 bits per heavy atom. The maximum absolute atomic E-state index is 13.8. The number of amides is 2. The third-order valence-electron chi connectivity index (χ3n) is 7.01. The largest absolute Gasteiger partial charge is 0.351 e. The van der Waals surface area contributed by atoms with Crippen molar-refractivity contribution in [3.63, 3.8) is 0 Å². The number of thioether (sulfide) groups is 1. The van der Waals surface area contributed by atoms with Crippen LogP contribution in [0.4, 0.5) is 0 Å². The standard InChI is InChI=1S/C28H32N4O2S/c1-19-12-14-21(15-13-19)16-17-31-24(33)18-35-28-25(26(31)27(34)29-22-8-6-7-9-22)20(2)30-32(28)23-10-4-3-5-11-23/h3-5,10-15,22,26H,6-9,16-18H2,1-2H3,(H,29,34)/t26-/m1/s1. The van der Waals surface area contributed by atoms with Crippen molar-refractivity contribution in [2.75, 3.05) is 12.3 Å². The number of hydrogen-bond donors (Lipinski definition) is 1. The van der Waals surface area contributed by atoms with Crippen LogP contribution in [-0.2, 0) is 16.0 Å². The average molecular weight is 489 g/mol. The van der Waals surface area contributed by atoms with Crippen molar-refractivity contribution in [2.24, 2.45) is 0 Å². The molecule has 0 radical (unpaired) electrons.